The second-order valence-corrected chi connectivity index (χ2v) is 13.6. The summed E-state index contributed by atoms with van der Waals surface area (Å²) in [5, 5.41) is -1.27. The van der Waals surface area contributed by atoms with E-state index >= 15 is 0 Å². The van der Waals surface area contributed by atoms with E-state index < -0.39 is 31.6 Å². The fourth-order valence-corrected chi connectivity index (χ4v) is 6.78. The number of allylic oxidation sites excluding steroid dienone is 6. The first-order valence-corrected chi connectivity index (χ1v) is 16.5. The quantitative estimate of drug-likeness (QED) is 0.269. The first-order chi connectivity index (χ1) is 20.2. The van der Waals surface area contributed by atoms with E-state index in [0.717, 1.165) is 6.08 Å². The molecule has 220 valence electrons. The average molecular weight is 717 g/mol. The smallest absolute Gasteiger partial charge is 0.282 e. The van der Waals surface area contributed by atoms with Crippen molar-refractivity contribution in [3.8, 4) is 0 Å². The Morgan fingerprint density at radius 2 is 0.930 bits per heavy atom. The minimum Gasteiger partial charge on any atom is -0.288 e. The zero-order chi connectivity index (χ0) is 31.5. The molecule has 0 N–H and O–H groups in total. The van der Waals surface area contributed by atoms with Crippen molar-refractivity contribution in [3.63, 3.8) is 0 Å². The number of Topliss-reactive ketones (excluding diaryl/α,β-unsaturated/α-hetero) is 2. The highest BCUT2D eigenvalue weighted by Gasteiger charge is 2.30. The van der Waals surface area contributed by atoms with E-state index in [1.54, 1.807) is 60.7 Å². The highest BCUT2D eigenvalue weighted by Crippen LogP contribution is 2.32. The molecule has 0 heterocycles. The molecule has 8 nitrogen and oxygen atoms in total. The molecule has 0 amide bonds. The number of ketones is 2. The summed E-state index contributed by atoms with van der Waals surface area (Å²) in [5.41, 5.74) is 0.399. The standard InChI is InChI=1S/C16H9Cl2NO3S.C12H6Cl3NO3S/c17-13-14(18)16(20)12-9-5-4-8-11(12)15(13)19-23(21,22)10-6-2-1-3-7-10;13-8-6-9(10(14)11(15)12(8)17)16-20(18,19)7-4-2-1-3-5-7/h1-9H;1-6H/b19-15+;16-9+. The van der Waals surface area contributed by atoms with Crippen molar-refractivity contribution in [2.75, 3.05) is 0 Å². The molecule has 0 unspecified atom stereocenters. The zero-order valence-corrected chi connectivity index (χ0v) is 26.6. The van der Waals surface area contributed by atoms with Crippen molar-refractivity contribution in [1.82, 2.24) is 0 Å². The SMILES string of the molecule is O=C1C(Cl)=C(Cl)/C(=N/S(=O)(=O)c2ccccc2)c2ccccc21.O=C1C(Cl)=C/C(=N\S(=O)(=O)c2ccccc2)C(Cl)=C1Cl. The number of hydrogen-bond acceptors (Lipinski definition) is 6. The number of fused-ring (bicyclic) bond motifs is 1. The highest BCUT2D eigenvalue weighted by molar-refractivity contribution is 7.90. The summed E-state index contributed by atoms with van der Waals surface area (Å²) in [7, 11) is -7.94. The Balaban J connectivity index is 0.000000199. The van der Waals surface area contributed by atoms with Gasteiger partial charge in [-0.3, -0.25) is 9.59 Å². The van der Waals surface area contributed by atoms with Gasteiger partial charge in [0.15, 0.2) is 0 Å². The van der Waals surface area contributed by atoms with E-state index in [2.05, 4.69) is 8.80 Å². The van der Waals surface area contributed by atoms with Gasteiger partial charge in [0.1, 0.15) is 15.8 Å². The molecule has 43 heavy (non-hydrogen) atoms. The molecule has 0 saturated heterocycles. The first-order valence-electron chi connectivity index (χ1n) is 11.7. The molecule has 0 radical (unpaired) electrons. The lowest BCUT2D eigenvalue weighted by atomic mass is 9.94. The average Bonchev–Trinajstić information content (AvgIpc) is 3.01. The third kappa shape index (κ3) is 7.18. The Morgan fingerprint density at radius 3 is 1.47 bits per heavy atom. The number of nitrogens with zero attached hydrogens (tertiary/aromatic N) is 2. The lowest BCUT2D eigenvalue weighted by Crippen LogP contribution is -2.19. The Bertz CT molecular complexity index is 2020. The van der Waals surface area contributed by atoms with Crippen LogP contribution in [0.25, 0.3) is 0 Å². The van der Waals surface area contributed by atoms with Crippen molar-refractivity contribution in [2.24, 2.45) is 8.80 Å². The van der Waals surface area contributed by atoms with Gasteiger partial charge in [-0.05, 0) is 30.3 Å². The van der Waals surface area contributed by atoms with Gasteiger partial charge in [-0.1, -0.05) is 119 Å². The normalized spacial score (nSPS) is 17.5. The molecular formula is C28H15Cl5N2O6S2. The molecule has 3 aromatic carbocycles. The number of carbonyl (C=O) groups excluding carboxylic acids is 2. The number of benzene rings is 3. The highest BCUT2D eigenvalue weighted by atomic mass is 35.5. The molecule has 0 aliphatic heterocycles. The van der Waals surface area contributed by atoms with Gasteiger partial charge < -0.3 is 0 Å². The van der Waals surface area contributed by atoms with Crippen LogP contribution in [0.4, 0.5) is 0 Å². The number of carbonyl (C=O) groups is 2. The molecule has 2 aliphatic rings. The maximum Gasteiger partial charge on any atom is 0.282 e. The molecule has 5 rings (SSSR count). The predicted octanol–water partition coefficient (Wildman–Crippen LogP) is 6.96. The molecule has 3 aromatic rings. The van der Waals surface area contributed by atoms with Gasteiger partial charge in [0.25, 0.3) is 20.0 Å². The predicted molar refractivity (Wildman–Crippen MR) is 168 cm³/mol. The molecule has 0 atom stereocenters. The fourth-order valence-electron chi connectivity index (χ4n) is 3.59. The second kappa shape index (κ2) is 13.3. The van der Waals surface area contributed by atoms with Crippen LogP contribution in [0, 0.1) is 0 Å². The molecule has 15 heteroatoms. The summed E-state index contributed by atoms with van der Waals surface area (Å²) in [6, 6.07) is 21.8. The first kappa shape index (κ1) is 32.8. The molecular weight excluding hydrogens is 702 g/mol. The van der Waals surface area contributed by atoms with E-state index in [9.17, 15) is 26.4 Å². The fraction of sp³-hybridized carbons (Fsp3) is 0. The van der Waals surface area contributed by atoms with Crippen LogP contribution in [0.1, 0.15) is 15.9 Å². The second-order valence-electron chi connectivity index (χ2n) is 8.44. The Morgan fingerprint density at radius 1 is 0.488 bits per heavy atom. The van der Waals surface area contributed by atoms with Crippen LogP contribution >= 0.6 is 58.0 Å². The summed E-state index contributed by atoms with van der Waals surface area (Å²) in [5.74, 6) is -1.13. The van der Waals surface area contributed by atoms with Gasteiger partial charge in [-0.15, -0.1) is 0 Å². The van der Waals surface area contributed by atoms with E-state index in [-0.39, 0.29) is 51.9 Å². The van der Waals surface area contributed by atoms with Gasteiger partial charge in [-0.25, -0.2) is 0 Å². The van der Waals surface area contributed by atoms with Crippen molar-refractivity contribution in [3.05, 3.63) is 127 Å². The van der Waals surface area contributed by atoms with Crippen molar-refractivity contribution in [2.45, 2.75) is 9.79 Å². The van der Waals surface area contributed by atoms with Crippen LogP contribution in [0.2, 0.25) is 0 Å². The summed E-state index contributed by atoms with van der Waals surface area (Å²) in [4.78, 5) is 23.6. The number of hydrogen-bond donors (Lipinski definition) is 0. The Labute approximate surface area is 271 Å². The summed E-state index contributed by atoms with van der Waals surface area (Å²) < 4.78 is 56.4. The summed E-state index contributed by atoms with van der Waals surface area (Å²) in [6.07, 6.45) is 1.07. The molecule has 0 spiro atoms. The van der Waals surface area contributed by atoms with Crippen LogP contribution in [0.3, 0.4) is 0 Å². The maximum atomic E-state index is 12.4. The van der Waals surface area contributed by atoms with Crippen molar-refractivity contribution in [1.29, 1.82) is 0 Å². The van der Waals surface area contributed by atoms with E-state index in [0.29, 0.717) is 5.56 Å². The van der Waals surface area contributed by atoms with Gasteiger partial charge in [-0.2, -0.15) is 25.6 Å². The van der Waals surface area contributed by atoms with Crippen molar-refractivity contribution >= 4 is 101 Å². The lowest BCUT2D eigenvalue weighted by molar-refractivity contribution is -0.111. The van der Waals surface area contributed by atoms with E-state index in [1.807, 2.05) is 0 Å². The molecule has 2 aliphatic carbocycles. The van der Waals surface area contributed by atoms with E-state index in [1.165, 1.54) is 24.3 Å². The van der Waals surface area contributed by atoms with Gasteiger partial charge in [0.05, 0.1) is 30.6 Å². The molecule has 0 bridgehead atoms. The van der Waals surface area contributed by atoms with Crippen LogP contribution in [-0.2, 0) is 24.8 Å². The summed E-state index contributed by atoms with van der Waals surface area (Å²) in [6.45, 7) is 0. The van der Waals surface area contributed by atoms with Gasteiger partial charge in [0, 0.05) is 11.1 Å². The molecule has 0 aromatic heterocycles. The van der Waals surface area contributed by atoms with Crippen LogP contribution < -0.4 is 0 Å². The third-order valence-corrected chi connectivity index (χ3v) is 10.2. The van der Waals surface area contributed by atoms with E-state index in [4.69, 9.17) is 58.0 Å². The minimum atomic E-state index is -3.98. The Kier molecular flexibility index (Phi) is 10.1. The van der Waals surface area contributed by atoms with Gasteiger partial charge in [0.2, 0.25) is 11.6 Å². The number of halogens is 5. The third-order valence-electron chi connectivity index (χ3n) is 5.64. The number of rotatable bonds is 4. The van der Waals surface area contributed by atoms with Gasteiger partial charge >= 0.3 is 0 Å². The maximum absolute atomic E-state index is 12.4. The van der Waals surface area contributed by atoms with Crippen molar-refractivity contribution < 1.29 is 26.4 Å². The molecule has 0 fully saturated rings. The summed E-state index contributed by atoms with van der Waals surface area (Å²) >= 11 is 29.2. The van der Waals surface area contributed by atoms with Crippen LogP contribution in [0.5, 0.6) is 0 Å². The Hall–Kier alpha value is -3.09. The monoisotopic (exact) mass is 714 g/mol. The van der Waals surface area contributed by atoms with Crippen LogP contribution in [0.15, 0.2) is 135 Å². The van der Waals surface area contributed by atoms with Crippen LogP contribution in [-0.4, -0.2) is 39.8 Å². The lowest BCUT2D eigenvalue weighted by Gasteiger charge is -2.17. The minimum absolute atomic E-state index is 0.00508. The topological polar surface area (TPSA) is 127 Å². The largest absolute Gasteiger partial charge is 0.288 e. The number of sulfonamides is 2. The zero-order valence-electron chi connectivity index (χ0n) is 21.2. The molecule has 0 saturated carbocycles.